The standard InChI is InChI=1S/C28H21Cl2F10NO2/c1-3-16-20(29)9-15(10-21(16)30)18(27(35,36)37)11-22(31)14-4-5-17(19(8-14)28(38,39)40)23(42)12-25(6-7-25)24(43)41(2)13-26(32,33)34/h3-5,8-11,18H,1,6-7,12-13H2,2H3/b22-11-. The van der Waals surface area contributed by atoms with Gasteiger partial charge in [0.15, 0.2) is 5.78 Å². The van der Waals surface area contributed by atoms with Crippen molar-refractivity contribution in [3.8, 4) is 0 Å². The predicted octanol–water partition coefficient (Wildman–Crippen LogP) is 9.69. The Bertz CT molecular complexity index is 1430. The van der Waals surface area contributed by atoms with E-state index in [1.54, 1.807) is 0 Å². The van der Waals surface area contributed by atoms with Crippen molar-refractivity contribution in [1.29, 1.82) is 0 Å². The maximum atomic E-state index is 15.1. The molecule has 1 aliphatic rings. The number of alkyl halides is 9. The monoisotopic (exact) mass is 663 g/mol. The van der Waals surface area contributed by atoms with Crippen LogP contribution in [0.5, 0.6) is 0 Å². The van der Waals surface area contributed by atoms with Gasteiger partial charge in [0, 0.05) is 40.2 Å². The molecule has 1 amide bonds. The summed E-state index contributed by atoms with van der Waals surface area (Å²) in [7, 11) is 0.843. The molecule has 0 heterocycles. The molecule has 43 heavy (non-hydrogen) atoms. The summed E-state index contributed by atoms with van der Waals surface area (Å²) in [6, 6.07) is 3.06. The number of carbonyl (C=O) groups excluding carboxylic acids is 2. The predicted molar refractivity (Wildman–Crippen MR) is 140 cm³/mol. The maximum absolute atomic E-state index is 15.1. The van der Waals surface area contributed by atoms with Crippen molar-refractivity contribution in [1.82, 2.24) is 4.90 Å². The van der Waals surface area contributed by atoms with Crippen LogP contribution in [0.2, 0.25) is 10.0 Å². The van der Waals surface area contributed by atoms with E-state index in [0.29, 0.717) is 17.0 Å². The molecule has 1 atom stereocenters. The Morgan fingerprint density at radius 1 is 1.00 bits per heavy atom. The lowest BCUT2D eigenvalue weighted by atomic mass is 9.90. The van der Waals surface area contributed by atoms with Crippen LogP contribution in [0.15, 0.2) is 43.0 Å². The molecule has 15 heteroatoms. The second kappa shape index (κ2) is 12.1. The Balaban J connectivity index is 1.98. The number of carbonyl (C=O) groups is 2. The molecule has 0 aromatic heterocycles. The first-order chi connectivity index (χ1) is 19.6. The highest BCUT2D eigenvalue weighted by atomic mass is 35.5. The number of Topliss-reactive ketones (excluding diaryl/α,β-unsaturated/α-hetero) is 1. The van der Waals surface area contributed by atoms with Crippen molar-refractivity contribution in [2.45, 2.75) is 43.7 Å². The summed E-state index contributed by atoms with van der Waals surface area (Å²) in [5, 5.41) is -0.474. The van der Waals surface area contributed by atoms with Gasteiger partial charge in [0.2, 0.25) is 5.91 Å². The lowest BCUT2D eigenvalue weighted by Gasteiger charge is -2.24. The molecule has 1 unspecified atom stereocenters. The first-order valence-electron chi connectivity index (χ1n) is 12.2. The molecule has 0 bridgehead atoms. The van der Waals surface area contributed by atoms with Gasteiger partial charge in [-0.25, -0.2) is 4.39 Å². The number of benzene rings is 2. The number of amides is 1. The van der Waals surface area contributed by atoms with Crippen LogP contribution in [0.4, 0.5) is 43.9 Å². The third-order valence-corrected chi connectivity index (χ3v) is 7.43. The molecule has 0 spiro atoms. The minimum absolute atomic E-state index is 0.0287. The van der Waals surface area contributed by atoms with Gasteiger partial charge in [-0.3, -0.25) is 9.59 Å². The van der Waals surface area contributed by atoms with Crippen molar-refractivity contribution in [2.24, 2.45) is 5.41 Å². The molecule has 0 aliphatic heterocycles. The van der Waals surface area contributed by atoms with E-state index >= 15 is 4.39 Å². The van der Waals surface area contributed by atoms with E-state index in [1.165, 1.54) is 6.08 Å². The summed E-state index contributed by atoms with van der Waals surface area (Å²) in [4.78, 5) is 25.8. The van der Waals surface area contributed by atoms with Gasteiger partial charge in [0.05, 0.1) is 11.0 Å². The van der Waals surface area contributed by atoms with Gasteiger partial charge in [0.25, 0.3) is 0 Å². The minimum Gasteiger partial charge on any atom is -0.336 e. The van der Waals surface area contributed by atoms with Crippen LogP contribution in [0.25, 0.3) is 11.9 Å². The van der Waals surface area contributed by atoms with Crippen molar-refractivity contribution in [2.75, 3.05) is 13.6 Å². The maximum Gasteiger partial charge on any atom is 0.417 e. The van der Waals surface area contributed by atoms with Gasteiger partial charge < -0.3 is 4.90 Å². The summed E-state index contributed by atoms with van der Waals surface area (Å²) < 4.78 is 137. The molecule has 1 fully saturated rings. The fourth-order valence-electron chi connectivity index (χ4n) is 4.54. The zero-order valence-corrected chi connectivity index (χ0v) is 23.5. The van der Waals surface area contributed by atoms with Gasteiger partial charge in [0.1, 0.15) is 18.3 Å². The van der Waals surface area contributed by atoms with Gasteiger partial charge in [-0.15, -0.1) is 0 Å². The smallest absolute Gasteiger partial charge is 0.336 e. The van der Waals surface area contributed by atoms with Gasteiger partial charge in [-0.05, 0) is 42.7 Å². The number of halogens is 12. The van der Waals surface area contributed by atoms with E-state index in [1.807, 2.05) is 0 Å². The normalized spacial score (nSPS) is 16.1. The second-order valence-corrected chi connectivity index (χ2v) is 10.9. The SMILES string of the molecule is C=Cc1c(Cl)cc(C(/C=C(\F)c2ccc(C(=O)CC3(C(=O)N(C)CC(F)(F)F)CC3)c(C(F)(F)F)c2)C(F)(F)F)cc1Cl. The highest BCUT2D eigenvalue weighted by molar-refractivity contribution is 6.37. The second-order valence-electron chi connectivity index (χ2n) is 10.1. The fourth-order valence-corrected chi connectivity index (χ4v) is 5.19. The van der Waals surface area contributed by atoms with E-state index in [9.17, 15) is 49.1 Å². The molecule has 3 nitrogen and oxygen atoms in total. The molecule has 3 rings (SSSR count). The zero-order valence-electron chi connectivity index (χ0n) is 22.0. The summed E-state index contributed by atoms with van der Waals surface area (Å²) in [5.74, 6) is -6.73. The lowest BCUT2D eigenvalue weighted by Crippen LogP contribution is -2.41. The van der Waals surface area contributed by atoms with Crippen molar-refractivity contribution < 1.29 is 53.5 Å². The third-order valence-electron chi connectivity index (χ3n) is 6.80. The molecule has 234 valence electrons. The summed E-state index contributed by atoms with van der Waals surface area (Å²) in [6.45, 7) is 1.79. The zero-order chi connectivity index (χ0) is 32.7. The molecule has 1 saturated carbocycles. The largest absolute Gasteiger partial charge is 0.417 e. The molecule has 1 aliphatic carbocycles. The van der Waals surface area contributed by atoms with Crippen LogP contribution < -0.4 is 0 Å². The van der Waals surface area contributed by atoms with E-state index in [2.05, 4.69) is 6.58 Å². The fraction of sp³-hybridized carbons (Fsp3) is 0.357. The Morgan fingerprint density at radius 3 is 2.00 bits per heavy atom. The first kappa shape index (κ1) is 34.4. The highest BCUT2D eigenvalue weighted by Crippen LogP contribution is 2.51. The molecule has 0 N–H and O–H groups in total. The summed E-state index contributed by atoms with van der Waals surface area (Å²) in [5.41, 5.74) is -5.80. The Morgan fingerprint density at radius 2 is 1.56 bits per heavy atom. The minimum atomic E-state index is -5.29. The molecule has 0 saturated heterocycles. The average molecular weight is 664 g/mol. The number of hydrogen-bond acceptors (Lipinski definition) is 2. The summed E-state index contributed by atoms with van der Waals surface area (Å²) in [6.07, 6.45) is -14.9. The number of allylic oxidation sites excluding steroid dienone is 1. The quantitative estimate of drug-likeness (QED) is 0.198. The van der Waals surface area contributed by atoms with E-state index < -0.39 is 82.6 Å². The van der Waals surface area contributed by atoms with Crippen LogP contribution in [0.3, 0.4) is 0 Å². The van der Waals surface area contributed by atoms with E-state index in [-0.39, 0.29) is 40.6 Å². The summed E-state index contributed by atoms with van der Waals surface area (Å²) >= 11 is 11.9. The van der Waals surface area contributed by atoms with Gasteiger partial charge in [-0.1, -0.05) is 48.0 Å². The molecular weight excluding hydrogens is 643 g/mol. The van der Waals surface area contributed by atoms with Gasteiger partial charge in [-0.2, -0.15) is 39.5 Å². The van der Waals surface area contributed by atoms with Crippen molar-refractivity contribution >= 4 is 46.8 Å². The van der Waals surface area contributed by atoms with E-state index in [0.717, 1.165) is 19.2 Å². The van der Waals surface area contributed by atoms with E-state index in [4.69, 9.17) is 23.2 Å². The molecule has 2 aromatic rings. The Hall–Kier alpha value is -3.06. The molecule has 2 aromatic carbocycles. The van der Waals surface area contributed by atoms with Crippen molar-refractivity contribution in [3.05, 3.63) is 80.8 Å². The first-order valence-corrected chi connectivity index (χ1v) is 13.0. The third kappa shape index (κ3) is 8.11. The Kier molecular flexibility index (Phi) is 9.72. The molecule has 0 radical (unpaired) electrons. The number of rotatable bonds is 9. The highest BCUT2D eigenvalue weighted by Gasteiger charge is 2.54. The average Bonchev–Trinajstić information content (AvgIpc) is 3.64. The number of hydrogen-bond donors (Lipinski definition) is 0. The van der Waals surface area contributed by atoms with Crippen LogP contribution >= 0.6 is 23.2 Å². The van der Waals surface area contributed by atoms with Crippen LogP contribution in [-0.4, -0.2) is 42.5 Å². The Labute approximate surface area is 248 Å². The topological polar surface area (TPSA) is 37.4 Å². The van der Waals surface area contributed by atoms with Crippen LogP contribution in [-0.2, 0) is 11.0 Å². The van der Waals surface area contributed by atoms with Crippen LogP contribution in [0.1, 0.15) is 57.8 Å². The lowest BCUT2D eigenvalue weighted by molar-refractivity contribution is -0.161. The molecular formula is C28H21Cl2F10NO2. The number of ketones is 1. The number of nitrogens with zero attached hydrogens (tertiary/aromatic N) is 1. The van der Waals surface area contributed by atoms with Gasteiger partial charge >= 0.3 is 18.5 Å². The van der Waals surface area contributed by atoms with Crippen LogP contribution in [0, 0.1) is 5.41 Å². The van der Waals surface area contributed by atoms with Crippen molar-refractivity contribution in [3.63, 3.8) is 0 Å².